The number of unbranched alkanes of at least 4 members (excludes halogenated alkanes) is 26. The van der Waals surface area contributed by atoms with Gasteiger partial charge in [-0.1, -0.05) is 199 Å². The molecule has 6 nitrogen and oxygen atoms in total. The van der Waals surface area contributed by atoms with E-state index in [4.69, 9.17) is 14.2 Å². The second-order valence-corrected chi connectivity index (χ2v) is 15.3. The van der Waals surface area contributed by atoms with Crippen molar-refractivity contribution in [2.75, 3.05) is 13.2 Å². The SMILES string of the molecule is CCC/C=C\C/C=C\CCCCCCCC(=O)OC(COC(=O)CCCCCCCCCC)COC(=O)CCCCCCCCCCCCCCCC. The number of carbonyl (C=O) groups is 3. The Morgan fingerprint density at radius 3 is 1.11 bits per heavy atom. The first-order valence-electron chi connectivity index (χ1n) is 22.8. The van der Waals surface area contributed by atoms with Gasteiger partial charge in [-0.3, -0.25) is 14.4 Å². The Bertz CT molecular complexity index is 865. The van der Waals surface area contributed by atoms with Crippen molar-refractivity contribution < 1.29 is 28.6 Å². The average molecular weight is 747 g/mol. The van der Waals surface area contributed by atoms with Crippen LogP contribution in [0.3, 0.4) is 0 Å². The maximum atomic E-state index is 12.7. The molecule has 0 fully saturated rings. The third kappa shape index (κ3) is 40.9. The van der Waals surface area contributed by atoms with Crippen molar-refractivity contribution in [1.29, 1.82) is 0 Å². The topological polar surface area (TPSA) is 78.9 Å². The van der Waals surface area contributed by atoms with Crippen LogP contribution in [0.2, 0.25) is 0 Å². The van der Waals surface area contributed by atoms with Gasteiger partial charge in [-0.05, 0) is 44.9 Å². The molecule has 0 N–H and O–H groups in total. The summed E-state index contributed by atoms with van der Waals surface area (Å²) in [4.78, 5) is 37.6. The molecule has 0 saturated carbocycles. The van der Waals surface area contributed by atoms with Crippen LogP contribution >= 0.6 is 0 Å². The molecule has 0 bridgehead atoms. The highest BCUT2D eigenvalue weighted by Crippen LogP contribution is 2.15. The molecule has 0 aliphatic heterocycles. The summed E-state index contributed by atoms with van der Waals surface area (Å²) < 4.78 is 16.7. The monoisotopic (exact) mass is 747 g/mol. The fourth-order valence-corrected chi connectivity index (χ4v) is 6.48. The summed E-state index contributed by atoms with van der Waals surface area (Å²) >= 11 is 0. The highest BCUT2D eigenvalue weighted by atomic mass is 16.6. The number of hydrogen-bond acceptors (Lipinski definition) is 6. The first kappa shape index (κ1) is 50.9. The van der Waals surface area contributed by atoms with Crippen molar-refractivity contribution in [2.24, 2.45) is 0 Å². The lowest BCUT2D eigenvalue weighted by Crippen LogP contribution is -2.30. The van der Waals surface area contributed by atoms with Gasteiger partial charge in [-0.15, -0.1) is 0 Å². The second kappa shape index (κ2) is 42.6. The number of ether oxygens (including phenoxy) is 3. The molecule has 53 heavy (non-hydrogen) atoms. The zero-order valence-electron chi connectivity index (χ0n) is 35.3. The maximum absolute atomic E-state index is 12.7. The van der Waals surface area contributed by atoms with Crippen LogP contribution in [0.1, 0.15) is 239 Å². The van der Waals surface area contributed by atoms with E-state index in [1.165, 1.54) is 109 Å². The van der Waals surface area contributed by atoms with Crippen molar-refractivity contribution in [1.82, 2.24) is 0 Å². The van der Waals surface area contributed by atoms with E-state index in [9.17, 15) is 14.4 Å². The van der Waals surface area contributed by atoms with Gasteiger partial charge in [0.1, 0.15) is 13.2 Å². The summed E-state index contributed by atoms with van der Waals surface area (Å²) in [6.07, 6.45) is 45.9. The molecule has 1 atom stereocenters. The normalized spacial score (nSPS) is 12.1. The minimum Gasteiger partial charge on any atom is -0.462 e. The Labute approximate surface area is 328 Å². The van der Waals surface area contributed by atoms with E-state index in [2.05, 4.69) is 45.1 Å². The molecule has 0 rings (SSSR count). The number of rotatable bonds is 41. The highest BCUT2D eigenvalue weighted by Gasteiger charge is 2.19. The van der Waals surface area contributed by atoms with Crippen LogP contribution < -0.4 is 0 Å². The molecular weight excluding hydrogens is 661 g/mol. The molecule has 0 aliphatic carbocycles. The zero-order valence-corrected chi connectivity index (χ0v) is 35.3. The largest absolute Gasteiger partial charge is 0.462 e. The molecule has 0 aromatic carbocycles. The number of carbonyl (C=O) groups excluding carboxylic acids is 3. The number of hydrogen-bond donors (Lipinski definition) is 0. The second-order valence-electron chi connectivity index (χ2n) is 15.3. The van der Waals surface area contributed by atoms with Crippen molar-refractivity contribution in [3.63, 3.8) is 0 Å². The first-order chi connectivity index (χ1) is 26.0. The average Bonchev–Trinajstić information content (AvgIpc) is 3.15. The molecule has 0 heterocycles. The lowest BCUT2D eigenvalue weighted by atomic mass is 10.0. The van der Waals surface area contributed by atoms with Gasteiger partial charge in [0, 0.05) is 19.3 Å². The van der Waals surface area contributed by atoms with Crippen LogP contribution in [-0.4, -0.2) is 37.2 Å². The van der Waals surface area contributed by atoms with E-state index in [-0.39, 0.29) is 31.1 Å². The van der Waals surface area contributed by atoms with Gasteiger partial charge in [0.2, 0.25) is 0 Å². The number of allylic oxidation sites excluding steroid dienone is 4. The van der Waals surface area contributed by atoms with Crippen LogP contribution in [-0.2, 0) is 28.6 Å². The van der Waals surface area contributed by atoms with Gasteiger partial charge in [-0.2, -0.15) is 0 Å². The minimum absolute atomic E-state index is 0.0733. The molecule has 6 heteroatoms. The summed E-state index contributed by atoms with van der Waals surface area (Å²) in [7, 11) is 0. The molecule has 0 amide bonds. The predicted octanol–water partition coefficient (Wildman–Crippen LogP) is 14.4. The molecule has 0 saturated heterocycles. The lowest BCUT2D eigenvalue weighted by Gasteiger charge is -2.18. The van der Waals surface area contributed by atoms with Crippen molar-refractivity contribution in [3.05, 3.63) is 24.3 Å². The Morgan fingerprint density at radius 1 is 0.377 bits per heavy atom. The van der Waals surface area contributed by atoms with E-state index < -0.39 is 6.10 Å². The van der Waals surface area contributed by atoms with Gasteiger partial charge in [-0.25, -0.2) is 0 Å². The molecule has 0 radical (unpaired) electrons. The Morgan fingerprint density at radius 2 is 0.717 bits per heavy atom. The van der Waals surface area contributed by atoms with Crippen LogP contribution in [0.4, 0.5) is 0 Å². The smallest absolute Gasteiger partial charge is 0.306 e. The summed E-state index contributed by atoms with van der Waals surface area (Å²) in [5.41, 5.74) is 0. The molecule has 0 spiro atoms. The van der Waals surface area contributed by atoms with E-state index >= 15 is 0 Å². The Hall–Kier alpha value is -2.11. The van der Waals surface area contributed by atoms with Gasteiger partial charge in [0.05, 0.1) is 0 Å². The predicted molar refractivity (Wildman–Crippen MR) is 224 cm³/mol. The molecule has 1 unspecified atom stereocenters. The van der Waals surface area contributed by atoms with E-state index in [1.54, 1.807) is 0 Å². The third-order valence-electron chi connectivity index (χ3n) is 9.94. The van der Waals surface area contributed by atoms with E-state index in [1.807, 2.05) is 0 Å². The van der Waals surface area contributed by atoms with Gasteiger partial charge < -0.3 is 14.2 Å². The van der Waals surface area contributed by atoms with Gasteiger partial charge in [0.15, 0.2) is 6.10 Å². The summed E-state index contributed by atoms with van der Waals surface area (Å²) in [5, 5.41) is 0. The molecule has 0 aromatic rings. The summed E-state index contributed by atoms with van der Waals surface area (Å²) in [6.45, 7) is 6.54. The van der Waals surface area contributed by atoms with Crippen molar-refractivity contribution >= 4 is 17.9 Å². The third-order valence-corrected chi connectivity index (χ3v) is 9.94. The van der Waals surface area contributed by atoms with E-state index in [0.29, 0.717) is 19.3 Å². The Kier molecular flexibility index (Phi) is 40.9. The van der Waals surface area contributed by atoms with Crippen LogP contribution in [0.5, 0.6) is 0 Å². The van der Waals surface area contributed by atoms with Crippen molar-refractivity contribution in [2.45, 2.75) is 245 Å². The van der Waals surface area contributed by atoms with Gasteiger partial charge in [0.25, 0.3) is 0 Å². The molecule has 0 aromatic heterocycles. The van der Waals surface area contributed by atoms with Crippen LogP contribution in [0, 0.1) is 0 Å². The fourth-order valence-electron chi connectivity index (χ4n) is 6.48. The van der Waals surface area contributed by atoms with Crippen molar-refractivity contribution in [3.8, 4) is 0 Å². The highest BCUT2D eigenvalue weighted by molar-refractivity contribution is 5.71. The zero-order chi connectivity index (χ0) is 38.7. The quantitative estimate of drug-likeness (QED) is 0.0268. The minimum atomic E-state index is -0.770. The first-order valence-corrected chi connectivity index (χ1v) is 22.8. The van der Waals surface area contributed by atoms with Crippen LogP contribution in [0.25, 0.3) is 0 Å². The van der Waals surface area contributed by atoms with Crippen LogP contribution in [0.15, 0.2) is 24.3 Å². The molecule has 0 aliphatic rings. The fraction of sp³-hybridized carbons (Fsp3) is 0.851. The summed E-state index contributed by atoms with van der Waals surface area (Å²) in [6, 6.07) is 0. The standard InChI is InChI=1S/C47H86O6/c1-4-7-10-13-16-19-21-23-25-26-28-31-34-37-40-46(49)52-43-44(42-51-45(48)39-36-33-30-18-15-12-9-6-3)53-47(50)41-38-35-32-29-27-24-22-20-17-14-11-8-5-2/h11,14,20,22,44H,4-10,12-13,15-19,21,23-43H2,1-3H3/b14-11-,22-20-. The molecular formula is C47H86O6. The Balaban J connectivity index is 4.32. The van der Waals surface area contributed by atoms with Gasteiger partial charge >= 0.3 is 17.9 Å². The molecule has 310 valence electrons. The maximum Gasteiger partial charge on any atom is 0.306 e. The van der Waals surface area contributed by atoms with E-state index in [0.717, 1.165) is 89.9 Å². The lowest BCUT2D eigenvalue weighted by molar-refractivity contribution is -0.167. The summed E-state index contributed by atoms with van der Waals surface area (Å²) in [5.74, 6) is -0.886. The number of esters is 3.